The van der Waals surface area contributed by atoms with Crippen molar-refractivity contribution in [2.45, 2.75) is 25.3 Å². The van der Waals surface area contributed by atoms with Crippen molar-refractivity contribution in [3.63, 3.8) is 0 Å². The van der Waals surface area contributed by atoms with Gasteiger partial charge >= 0.3 is 0 Å². The number of carbonyl (C=O) groups is 1. The third-order valence-corrected chi connectivity index (χ3v) is 2.56. The average molecular weight is 201 g/mol. The van der Waals surface area contributed by atoms with Gasteiger partial charge < -0.3 is 15.2 Å². The summed E-state index contributed by atoms with van der Waals surface area (Å²) in [6.45, 7) is 1.86. The molecule has 0 aromatic heterocycles. The maximum Gasteiger partial charge on any atom is 0.154 e. The molecule has 1 aliphatic rings. The van der Waals surface area contributed by atoms with E-state index in [2.05, 4.69) is 0 Å². The molecule has 1 fully saturated rings. The van der Waals surface area contributed by atoms with Crippen LogP contribution in [0.1, 0.15) is 19.3 Å². The molecule has 2 atom stereocenters. The Kier molecular flexibility index (Phi) is 5.07. The van der Waals surface area contributed by atoms with E-state index in [4.69, 9.17) is 15.2 Å². The summed E-state index contributed by atoms with van der Waals surface area (Å²) in [4.78, 5) is 11.7. The molecule has 0 amide bonds. The number of rotatable bonds is 5. The normalized spacial score (nSPS) is 24.6. The van der Waals surface area contributed by atoms with E-state index in [-0.39, 0.29) is 17.7 Å². The second-order valence-electron chi connectivity index (χ2n) is 3.70. The Morgan fingerprint density at radius 3 is 3.07 bits per heavy atom. The summed E-state index contributed by atoms with van der Waals surface area (Å²) >= 11 is 0. The van der Waals surface area contributed by atoms with Gasteiger partial charge in [-0.05, 0) is 19.3 Å². The van der Waals surface area contributed by atoms with Gasteiger partial charge in [-0.2, -0.15) is 0 Å². The van der Waals surface area contributed by atoms with E-state index >= 15 is 0 Å². The fourth-order valence-corrected chi connectivity index (χ4v) is 1.65. The van der Waals surface area contributed by atoms with E-state index in [9.17, 15) is 4.79 Å². The van der Waals surface area contributed by atoms with Crippen LogP contribution in [-0.2, 0) is 14.3 Å². The Hall–Kier alpha value is -0.450. The molecular weight excluding hydrogens is 182 g/mol. The Morgan fingerprint density at radius 1 is 1.71 bits per heavy atom. The fraction of sp³-hybridized carbons (Fsp3) is 0.900. The first-order valence-electron chi connectivity index (χ1n) is 5.11. The smallest absolute Gasteiger partial charge is 0.154 e. The second-order valence-corrected chi connectivity index (χ2v) is 3.70. The maximum atomic E-state index is 11.7. The largest absolute Gasteiger partial charge is 0.385 e. The monoisotopic (exact) mass is 201 g/mol. The predicted molar refractivity (Wildman–Crippen MR) is 53.0 cm³/mol. The number of ketones is 1. The summed E-state index contributed by atoms with van der Waals surface area (Å²) < 4.78 is 10.1. The molecule has 0 aliphatic carbocycles. The highest BCUT2D eigenvalue weighted by Gasteiger charge is 2.25. The molecule has 4 heteroatoms. The SMILES string of the molecule is COCCC(N)C(=O)C1CCCOC1. The molecule has 2 N–H and O–H groups in total. The first-order valence-corrected chi connectivity index (χ1v) is 5.11. The van der Waals surface area contributed by atoms with E-state index in [1.807, 2.05) is 0 Å². The van der Waals surface area contributed by atoms with Crippen molar-refractivity contribution in [1.29, 1.82) is 0 Å². The van der Waals surface area contributed by atoms with Gasteiger partial charge in [-0.25, -0.2) is 0 Å². The molecule has 0 aromatic rings. The van der Waals surface area contributed by atoms with Crippen molar-refractivity contribution < 1.29 is 14.3 Å². The molecular formula is C10H19NO3. The van der Waals surface area contributed by atoms with Crippen molar-refractivity contribution in [3.8, 4) is 0 Å². The molecule has 0 spiro atoms. The summed E-state index contributed by atoms with van der Waals surface area (Å²) in [5, 5.41) is 0. The van der Waals surface area contributed by atoms with Gasteiger partial charge in [-0.3, -0.25) is 4.79 Å². The zero-order chi connectivity index (χ0) is 10.4. The van der Waals surface area contributed by atoms with Crippen LogP contribution in [0, 0.1) is 5.92 Å². The Bertz CT molecular complexity index is 178. The molecule has 1 rings (SSSR count). The number of ether oxygens (including phenoxy) is 2. The van der Waals surface area contributed by atoms with Crippen molar-refractivity contribution >= 4 is 5.78 Å². The molecule has 0 aromatic carbocycles. The molecule has 0 bridgehead atoms. The minimum Gasteiger partial charge on any atom is -0.385 e. The van der Waals surface area contributed by atoms with Crippen LogP contribution in [0.3, 0.4) is 0 Å². The molecule has 0 saturated carbocycles. The molecule has 1 saturated heterocycles. The van der Waals surface area contributed by atoms with Gasteiger partial charge in [-0.1, -0.05) is 0 Å². The lowest BCUT2D eigenvalue weighted by atomic mass is 9.92. The van der Waals surface area contributed by atoms with E-state index in [1.165, 1.54) is 0 Å². The highest BCUT2D eigenvalue weighted by Crippen LogP contribution is 2.16. The first kappa shape index (κ1) is 11.6. The number of Topliss-reactive ketones (excluding diaryl/α,β-unsaturated/α-hetero) is 1. The average Bonchev–Trinajstić information content (AvgIpc) is 2.26. The third-order valence-electron chi connectivity index (χ3n) is 2.56. The highest BCUT2D eigenvalue weighted by atomic mass is 16.5. The van der Waals surface area contributed by atoms with Crippen molar-refractivity contribution in [2.75, 3.05) is 26.9 Å². The van der Waals surface area contributed by atoms with Gasteiger partial charge in [0.1, 0.15) is 0 Å². The zero-order valence-electron chi connectivity index (χ0n) is 8.70. The lowest BCUT2D eigenvalue weighted by Crippen LogP contribution is -2.39. The van der Waals surface area contributed by atoms with Crippen molar-refractivity contribution in [2.24, 2.45) is 11.7 Å². The molecule has 14 heavy (non-hydrogen) atoms. The third kappa shape index (κ3) is 3.36. The quantitative estimate of drug-likeness (QED) is 0.697. The number of hydrogen-bond acceptors (Lipinski definition) is 4. The van der Waals surface area contributed by atoms with Gasteiger partial charge in [-0.15, -0.1) is 0 Å². The van der Waals surface area contributed by atoms with Gasteiger partial charge in [0, 0.05) is 26.2 Å². The van der Waals surface area contributed by atoms with E-state index in [0.717, 1.165) is 19.4 Å². The molecule has 1 aliphatic heterocycles. The number of carbonyl (C=O) groups excluding carboxylic acids is 1. The summed E-state index contributed by atoms with van der Waals surface area (Å²) in [5.41, 5.74) is 5.75. The molecule has 2 unspecified atom stereocenters. The number of nitrogens with two attached hydrogens (primary N) is 1. The highest BCUT2D eigenvalue weighted by molar-refractivity contribution is 5.86. The first-order chi connectivity index (χ1) is 6.75. The number of hydrogen-bond donors (Lipinski definition) is 1. The fourth-order valence-electron chi connectivity index (χ4n) is 1.65. The Morgan fingerprint density at radius 2 is 2.50 bits per heavy atom. The van der Waals surface area contributed by atoms with Gasteiger partial charge in [0.2, 0.25) is 0 Å². The minimum atomic E-state index is -0.387. The maximum absolute atomic E-state index is 11.7. The minimum absolute atomic E-state index is 0.00982. The predicted octanol–water partition coefficient (Wildman–Crippen LogP) is 0.346. The summed E-state index contributed by atoms with van der Waals surface area (Å²) in [6.07, 6.45) is 2.48. The molecule has 82 valence electrons. The van der Waals surface area contributed by atoms with E-state index < -0.39 is 0 Å². The van der Waals surface area contributed by atoms with Crippen LogP contribution in [-0.4, -0.2) is 38.8 Å². The van der Waals surface area contributed by atoms with Gasteiger partial charge in [0.15, 0.2) is 5.78 Å². The topological polar surface area (TPSA) is 61.5 Å². The van der Waals surface area contributed by atoms with Crippen LogP contribution in [0.5, 0.6) is 0 Å². The summed E-state index contributed by atoms with van der Waals surface area (Å²) in [5.74, 6) is 0.136. The van der Waals surface area contributed by atoms with Crippen LogP contribution in [0.25, 0.3) is 0 Å². The van der Waals surface area contributed by atoms with Crippen LogP contribution in [0.4, 0.5) is 0 Å². The standard InChI is InChI=1S/C10H19NO3/c1-13-6-4-9(11)10(12)8-3-2-5-14-7-8/h8-9H,2-7,11H2,1H3. The summed E-state index contributed by atoms with van der Waals surface area (Å²) in [7, 11) is 1.61. The zero-order valence-corrected chi connectivity index (χ0v) is 8.70. The van der Waals surface area contributed by atoms with Crippen LogP contribution < -0.4 is 5.73 Å². The van der Waals surface area contributed by atoms with Crippen LogP contribution >= 0.6 is 0 Å². The molecule has 1 heterocycles. The van der Waals surface area contributed by atoms with Crippen LogP contribution in [0.15, 0.2) is 0 Å². The summed E-state index contributed by atoms with van der Waals surface area (Å²) in [6, 6.07) is -0.387. The van der Waals surface area contributed by atoms with E-state index in [0.29, 0.717) is 19.6 Å². The van der Waals surface area contributed by atoms with Crippen molar-refractivity contribution in [1.82, 2.24) is 0 Å². The lowest BCUT2D eigenvalue weighted by Gasteiger charge is -2.23. The number of methoxy groups -OCH3 is 1. The second kappa shape index (κ2) is 6.11. The van der Waals surface area contributed by atoms with Gasteiger partial charge in [0.25, 0.3) is 0 Å². The van der Waals surface area contributed by atoms with Crippen LogP contribution in [0.2, 0.25) is 0 Å². The Labute approximate surface area is 84.7 Å². The van der Waals surface area contributed by atoms with Crippen molar-refractivity contribution in [3.05, 3.63) is 0 Å². The van der Waals surface area contributed by atoms with Gasteiger partial charge in [0.05, 0.1) is 12.6 Å². The molecule has 4 nitrogen and oxygen atoms in total. The van der Waals surface area contributed by atoms with E-state index in [1.54, 1.807) is 7.11 Å². The molecule has 0 radical (unpaired) electrons. The Balaban J connectivity index is 2.30. The lowest BCUT2D eigenvalue weighted by molar-refractivity contribution is -0.128.